The maximum absolute atomic E-state index is 12.5. The van der Waals surface area contributed by atoms with E-state index in [1.807, 2.05) is 71.9 Å². The number of amides is 3. The molecule has 0 fully saturated rings. The Morgan fingerprint density at radius 2 is 1.19 bits per heavy atom. The number of carbonyl (C=O) groups excluding carboxylic acids is 5. The fourth-order valence-corrected chi connectivity index (χ4v) is 3.08. The van der Waals surface area contributed by atoms with Gasteiger partial charge in [0.15, 0.2) is 0 Å². The molecule has 0 radical (unpaired) electrons. The van der Waals surface area contributed by atoms with Crippen molar-refractivity contribution in [2.24, 2.45) is 0 Å². The van der Waals surface area contributed by atoms with Crippen LogP contribution in [0.2, 0.25) is 0 Å². The van der Waals surface area contributed by atoms with E-state index in [2.05, 4.69) is 5.32 Å². The molecule has 0 saturated heterocycles. The lowest BCUT2D eigenvalue weighted by Crippen LogP contribution is -2.51. The van der Waals surface area contributed by atoms with Crippen LogP contribution in [0.4, 0.5) is 4.79 Å². The fraction of sp³-hybridized carbons (Fsp3) is 0.633. The van der Waals surface area contributed by atoms with Crippen molar-refractivity contribution >= 4 is 29.8 Å². The number of nitrogens with one attached hydrogen (secondary N) is 1. The molecule has 1 aromatic carbocycles. The summed E-state index contributed by atoms with van der Waals surface area (Å²) in [6.45, 7) is 15.4. The van der Waals surface area contributed by atoms with Crippen LogP contribution < -0.4 is 5.32 Å². The number of ether oxygens (including phenoxy) is 3. The largest absolute Gasteiger partial charge is 0.465 e. The third-order valence-corrected chi connectivity index (χ3v) is 5.49. The Bertz CT molecular complexity index is 1000. The van der Waals surface area contributed by atoms with Crippen molar-refractivity contribution in [2.75, 3.05) is 53.5 Å². The van der Waals surface area contributed by atoms with Gasteiger partial charge in [0.25, 0.3) is 0 Å². The summed E-state index contributed by atoms with van der Waals surface area (Å²) in [7, 11) is 3.08. The second-order valence-electron chi connectivity index (χ2n) is 11.5. The van der Waals surface area contributed by atoms with E-state index in [9.17, 15) is 24.0 Å². The van der Waals surface area contributed by atoms with Gasteiger partial charge in [0.1, 0.15) is 26.2 Å². The smallest absolute Gasteiger partial charge is 0.411 e. The molecule has 0 atom stereocenters. The Morgan fingerprint density at radius 3 is 1.62 bits per heavy atom. The third-order valence-electron chi connectivity index (χ3n) is 5.49. The number of hydrogen-bond acceptors (Lipinski definition) is 9. The van der Waals surface area contributed by atoms with Crippen LogP contribution in [0.15, 0.2) is 30.3 Å². The highest BCUT2D eigenvalue weighted by atomic mass is 16.6. The first kappa shape index (κ1) is 38.3. The summed E-state index contributed by atoms with van der Waals surface area (Å²) in [4.78, 5) is 63.0. The highest BCUT2D eigenvalue weighted by Gasteiger charge is 2.31. The van der Waals surface area contributed by atoms with Gasteiger partial charge >= 0.3 is 18.0 Å². The molecular weight excluding hydrogens is 544 g/mol. The fourth-order valence-electron chi connectivity index (χ4n) is 3.08. The lowest BCUT2D eigenvalue weighted by molar-refractivity contribution is -0.148. The van der Waals surface area contributed by atoms with Crippen molar-refractivity contribution in [2.45, 2.75) is 73.1 Å². The average molecular weight is 595 g/mol. The molecule has 1 rings (SSSR count). The maximum Gasteiger partial charge on any atom is 0.411 e. The van der Waals surface area contributed by atoms with Gasteiger partial charge in [-0.2, -0.15) is 0 Å². The van der Waals surface area contributed by atoms with Crippen LogP contribution in [0.25, 0.3) is 0 Å². The molecular formula is C30H50N4O8. The molecule has 0 spiro atoms. The zero-order valence-electron chi connectivity index (χ0n) is 26.9. The molecule has 0 heterocycles. The quantitative estimate of drug-likeness (QED) is 0.286. The van der Waals surface area contributed by atoms with Crippen molar-refractivity contribution in [3.63, 3.8) is 0 Å². The SMILES string of the molecule is CCOC(=O)CN(C)C(=O)CN(C(=O)OCc1ccccc1)C(C)(C)C.CCOC(=O)CN(C)C(=O)CNC(C)(C)C. The first-order valence-electron chi connectivity index (χ1n) is 13.9. The number of likely N-dealkylation sites (N-methyl/N-ethyl adjacent to an activating group) is 2. The first-order chi connectivity index (χ1) is 19.4. The van der Waals surface area contributed by atoms with E-state index >= 15 is 0 Å². The van der Waals surface area contributed by atoms with Crippen LogP contribution in [-0.2, 0) is 40.0 Å². The molecule has 0 aliphatic heterocycles. The highest BCUT2D eigenvalue weighted by molar-refractivity contribution is 5.86. The molecule has 0 aliphatic rings. The predicted molar refractivity (Wildman–Crippen MR) is 159 cm³/mol. The Morgan fingerprint density at radius 1 is 0.714 bits per heavy atom. The van der Waals surface area contributed by atoms with Gasteiger partial charge in [-0.25, -0.2) is 4.79 Å². The van der Waals surface area contributed by atoms with Crippen molar-refractivity contribution in [1.82, 2.24) is 20.0 Å². The Hall–Kier alpha value is -3.67. The van der Waals surface area contributed by atoms with E-state index in [0.717, 1.165) is 5.56 Å². The number of nitrogens with zero attached hydrogens (tertiary/aromatic N) is 3. The first-order valence-corrected chi connectivity index (χ1v) is 13.9. The Labute approximate surface area is 250 Å². The topological polar surface area (TPSA) is 135 Å². The minimum atomic E-state index is -0.617. The van der Waals surface area contributed by atoms with Gasteiger partial charge in [0, 0.05) is 25.2 Å². The molecule has 0 unspecified atom stereocenters. The highest BCUT2D eigenvalue weighted by Crippen LogP contribution is 2.16. The lowest BCUT2D eigenvalue weighted by Gasteiger charge is -2.35. The summed E-state index contributed by atoms with van der Waals surface area (Å²) in [6.07, 6.45) is -0.584. The van der Waals surface area contributed by atoms with Crippen LogP contribution in [0.1, 0.15) is 61.0 Å². The predicted octanol–water partition coefficient (Wildman–Crippen LogP) is 2.84. The lowest BCUT2D eigenvalue weighted by atomic mass is 10.1. The van der Waals surface area contributed by atoms with Gasteiger partial charge < -0.3 is 29.3 Å². The monoisotopic (exact) mass is 594 g/mol. The number of esters is 2. The summed E-state index contributed by atoms with van der Waals surface area (Å²) in [5.41, 5.74) is 0.134. The standard InChI is InChI=1S/C19H28N2O5.C11H22N2O3/c1-6-25-17(23)13-20(5)16(22)12-21(19(2,3)4)18(24)26-14-15-10-8-7-9-11-15;1-6-16-10(15)8-13(5)9(14)7-12-11(2,3)4/h7-11H,6,12-14H2,1-5H3;12H,6-8H2,1-5H3. The molecule has 0 aromatic heterocycles. The molecule has 238 valence electrons. The molecule has 1 N–H and O–H groups in total. The van der Waals surface area contributed by atoms with Gasteiger partial charge in [0.05, 0.1) is 19.8 Å². The summed E-state index contributed by atoms with van der Waals surface area (Å²) in [6, 6.07) is 9.31. The normalized spacial score (nSPS) is 10.9. The van der Waals surface area contributed by atoms with Crippen LogP contribution >= 0.6 is 0 Å². The van der Waals surface area contributed by atoms with Crippen molar-refractivity contribution in [3.05, 3.63) is 35.9 Å². The average Bonchev–Trinajstić information content (AvgIpc) is 2.88. The molecule has 42 heavy (non-hydrogen) atoms. The third kappa shape index (κ3) is 17.2. The van der Waals surface area contributed by atoms with Gasteiger partial charge in [-0.05, 0) is 61.0 Å². The van der Waals surface area contributed by atoms with Crippen molar-refractivity contribution < 1.29 is 38.2 Å². The van der Waals surface area contributed by atoms with Gasteiger partial charge in [-0.3, -0.25) is 24.1 Å². The van der Waals surface area contributed by atoms with Crippen LogP contribution in [0, 0.1) is 0 Å². The van der Waals surface area contributed by atoms with Gasteiger partial charge in [0.2, 0.25) is 11.8 Å². The van der Waals surface area contributed by atoms with E-state index in [0.29, 0.717) is 6.61 Å². The zero-order chi connectivity index (χ0) is 32.5. The van der Waals surface area contributed by atoms with Crippen molar-refractivity contribution in [3.8, 4) is 0 Å². The maximum atomic E-state index is 12.5. The molecule has 0 saturated carbocycles. The van der Waals surface area contributed by atoms with Crippen molar-refractivity contribution in [1.29, 1.82) is 0 Å². The van der Waals surface area contributed by atoms with Gasteiger partial charge in [-0.15, -0.1) is 0 Å². The number of benzene rings is 1. The van der Waals surface area contributed by atoms with Crippen LogP contribution in [0.3, 0.4) is 0 Å². The summed E-state index contributed by atoms with van der Waals surface area (Å²) < 4.78 is 14.9. The second-order valence-corrected chi connectivity index (χ2v) is 11.5. The minimum absolute atomic E-state index is 0.00149. The van der Waals surface area contributed by atoms with E-state index in [1.54, 1.807) is 20.9 Å². The number of hydrogen-bond donors (Lipinski definition) is 1. The van der Waals surface area contributed by atoms with Crippen LogP contribution in [-0.4, -0.2) is 109 Å². The molecule has 0 bridgehead atoms. The molecule has 3 amide bonds. The Balaban J connectivity index is 0.000000903. The minimum Gasteiger partial charge on any atom is -0.465 e. The number of carbonyl (C=O) groups is 5. The number of rotatable bonds is 12. The summed E-state index contributed by atoms with van der Waals surface area (Å²) in [5, 5.41) is 3.06. The molecule has 12 heteroatoms. The Kier molecular flexibility index (Phi) is 17.1. The molecule has 0 aliphatic carbocycles. The van der Waals surface area contributed by atoms with E-state index in [-0.39, 0.29) is 62.7 Å². The second kappa shape index (κ2) is 18.7. The van der Waals surface area contributed by atoms with Crippen LogP contribution in [0.5, 0.6) is 0 Å². The molecule has 12 nitrogen and oxygen atoms in total. The summed E-state index contributed by atoms with van der Waals surface area (Å²) >= 11 is 0. The molecule has 1 aromatic rings. The van der Waals surface area contributed by atoms with E-state index in [1.165, 1.54) is 21.7 Å². The summed E-state index contributed by atoms with van der Waals surface area (Å²) in [5.74, 6) is -1.36. The van der Waals surface area contributed by atoms with E-state index in [4.69, 9.17) is 14.2 Å². The van der Waals surface area contributed by atoms with E-state index < -0.39 is 17.6 Å². The zero-order valence-corrected chi connectivity index (χ0v) is 26.9. The van der Waals surface area contributed by atoms with Gasteiger partial charge in [-0.1, -0.05) is 30.3 Å².